The molecule has 0 saturated carbocycles. The summed E-state index contributed by atoms with van der Waals surface area (Å²) in [5, 5.41) is 3.53. The third-order valence-electron chi connectivity index (χ3n) is 3.35. The number of likely N-dealkylation sites (N-methyl/N-ethyl adjacent to an activating group) is 1. The van der Waals surface area contributed by atoms with E-state index in [9.17, 15) is 0 Å². The lowest BCUT2D eigenvalue weighted by molar-refractivity contribution is 0.609. The van der Waals surface area contributed by atoms with E-state index in [0.29, 0.717) is 0 Å². The lowest BCUT2D eigenvalue weighted by atomic mass is 10.2. The zero-order valence-electron chi connectivity index (χ0n) is 12.2. The first kappa shape index (κ1) is 15.0. The standard InChI is InChI=1S/C16H28N2/c1-4-6-9-12-17-13-14-18(5-2)16-11-8-7-10-15(16)3/h7-8,10-11,17H,4-6,9,12-14H2,1-3H3. The molecule has 0 aromatic heterocycles. The number of rotatable bonds is 9. The first-order chi connectivity index (χ1) is 8.79. The van der Waals surface area contributed by atoms with Gasteiger partial charge in [-0.05, 0) is 38.4 Å². The molecule has 1 rings (SSSR count). The second kappa shape index (κ2) is 8.98. The zero-order chi connectivity index (χ0) is 13.2. The van der Waals surface area contributed by atoms with E-state index in [4.69, 9.17) is 0 Å². The maximum atomic E-state index is 3.53. The Kier molecular flexibility index (Phi) is 7.51. The van der Waals surface area contributed by atoms with Gasteiger partial charge in [-0.2, -0.15) is 0 Å². The summed E-state index contributed by atoms with van der Waals surface area (Å²) in [6.07, 6.45) is 3.93. The molecule has 1 aromatic rings. The molecule has 0 atom stereocenters. The average Bonchev–Trinajstić information content (AvgIpc) is 2.39. The van der Waals surface area contributed by atoms with E-state index in [1.165, 1.54) is 30.5 Å². The number of anilines is 1. The Hall–Kier alpha value is -1.02. The number of nitrogens with zero attached hydrogens (tertiary/aromatic N) is 1. The molecule has 0 saturated heterocycles. The summed E-state index contributed by atoms with van der Waals surface area (Å²) in [4.78, 5) is 2.45. The SMILES string of the molecule is CCCCCNCCN(CC)c1ccccc1C. The third kappa shape index (κ3) is 5.09. The van der Waals surface area contributed by atoms with Crippen LogP contribution in [0.25, 0.3) is 0 Å². The summed E-state index contributed by atoms with van der Waals surface area (Å²) in [5.74, 6) is 0. The van der Waals surface area contributed by atoms with Crippen LogP contribution in [-0.2, 0) is 0 Å². The molecule has 2 heteroatoms. The summed E-state index contributed by atoms with van der Waals surface area (Å²) in [6, 6.07) is 8.64. The minimum atomic E-state index is 1.07. The van der Waals surface area contributed by atoms with Gasteiger partial charge in [0.2, 0.25) is 0 Å². The molecule has 0 heterocycles. The molecule has 1 N–H and O–H groups in total. The predicted octanol–water partition coefficient (Wildman–Crippen LogP) is 3.60. The number of unbranched alkanes of at least 4 members (excludes halogenated alkanes) is 2. The van der Waals surface area contributed by atoms with Crippen LogP contribution in [0.2, 0.25) is 0 Å². The number of aryl methyl sites for hydroxylation is 1. The lowest BCUT2D eigenvalue weighted by Crippen LogP contribution is -2.32. The van der Waals surface area contributed by atoms with Crippen molar-refractivity contribution >= 4 is 5.69 Å². The fourth-order valence-electron chi connectivity index (χ4n) is 2.21. The highest BCUT2D eigenvalue weighted by Crippen LogP contribution is 2.18. The summed E-state index contributed by atoms with van der Waals surface area (Å²) in [5.41, 5.74) is 2.74. The monoisotopic (exact) mass is 248 g/mol. The zero-order valence-corrected chi connectivity index (χ0v) is 12.2. The van der Waals surface area contributed by atoms with Gasteiger partial charge in [-0.15, -0.1) is 0 Å². The lowest BCUT2D eigenvalue weighted by Gasteiger charge is -2.25. The van der Waals surface area contributed by atoms with E-state index in [1.807, 2.05) is 0 Å². The molecule has 2 nitrogen and oxygen atoms in total. The fraction of sp³-hybridized carbons (Fsp3) is 0.625. The van der Waals surface area contributed by atoms with Gasteiger partial charge in [0.05, 0.1) is 0 Å². The van der Waals surface area contributed by atoms with Crippen molar-refractivity contribution in [1.82, 2.24) is 5.32 Å². The van der Waals surface area contributed by atoms with Crippen LogP contribution in [0.4, 0.5) is 5.69 Å². The Bertz CT molecular complexity index is 323. The van der Waals surface area contributed by atoms with Crippen molar-refractivity contribution in [3.05, 3.63) is 29.8 Å². The molecule has 0 unspecified atom stereocenters. The largest absolute Gasteiger partial charge is 0.370 e. The fourth-order valence-corrected chi connectivity index (χ4v) is 2.21. The summed E-state index contributed by atoms with van der Waals surface area (Å²) >= 11 is 0. The molecule has 0 spiro atoms. The number of para-hydroxylation sites is 1. The van der Waals surface area contributed by atoms with Gasteiger partial charge >= 0.3 is 0 Å². The van der Waals surface area contributed by atoms with E-state index in [-0.39, 0.29) is 0 Å². The van der Waals surface area contributed by atoms with Crippen LogP contribution < -0.4 is 10.2 Å². The van der Waals surface area contributed by atoms with Crippen LogP contribution in [-0.4, -0.2) is 26.2 Å². The Morgan fingerprint density at radius 2 is 1.83 bits per heavy atom. The second-order valence-electron chi connectivity index (χ2n) is 4.82. The van der Waals surface area contributed by atoms with Crippen LogP contribution in [0.15, 0.2) is 24.3 Å². The van der Waals surface area contributed by atoms with Gasteiger partial charge < -0.3 is 10.2 Å². The van der Waals surface area contributed by atoms with E-state index in [2.05, 4.69) is 55.3 Å². The Morgan fingerprint density at radius 3 is 2.50 bits per heavy atom. The predicted molar refractivity (Wildman–Crippen MR) is 81.5 cm³/mol. The van der Waals surface area contributed by atoms with Crippen molar-refractivity contribution in [1.29, 1.82) is 0 Å². The molecule has 0 aliphatic carbocycles. The van der Waals surface area contributed by atoms with Crippen molar-refractivity contribution in [2.45, 2.75) is 40.0 Å². The van der Waals surface area contributed by atoms with Gasteiger partial charge in [-0.25, -0.2) is 0 Å². The highest BCUT2D eigenvalue weighted by atomic mass is 15.1. The van der Waals surface area contributed by atoms with Crippen molar-refractivity contribution < 1.29 is 0 Å². The molecular formula is C16H28N2. The molecule has 0 bridgehead atoms. The average molecular weight is 248 g/mol. The molecule has 1 aromatic carbocycles. The molecular weight excluding hydrogens is 220 g/mol. The molecule has 0 aliphatic rings. The highest BCUT2D eigenvalue weighted by molar-refractivity contribution is 5.52. The van der Waals surface area contributed by atoms with E-state index in [1.54, 1.807) is 0 Å². The summed E-state index contributed by atoms with van der Waals surface area (Å²) in [6.45, 7) is 11.0. The van der Waals surface area contributed by atoms with Crippen molar-refractivity contribution in [3.63, 3.8) is 0 Å². The van der Waals surface area contributed by atoms with Gasteiger partial charge in [0, 0.05) is 25.3 Å². The van der Waals surface area contributed by atoms with Crippen LogP contribution >= 0.6 is 0 Å². The first-order valence-corrected chi connectivity index (χ1v) is 7.30. The molecule has 0 fully saturated rings. The second-order valence-corrected chi connectivity index (χ2v) is 4.82. The first-order valence-electron chi connectivity index (χ1n) is 7.30. The van der Waals surface area contributed by atoms with E-state index >= 15 is 0 Å². The van der Waals surface area contributed by atoms with Crippen LogP contribution in [0.5, 0.6) is 0 Å². The molecule has 102 valence electrons. The topological polar surface area (TPSA) is 15.3 Å². The number of nitrogens with one attached hydrogen (secondary N) is 1. The van der Waals surface area contributed by atoms with Crippen LogP contribution in [0.1, 0.15) is 38.7 Å². The minimum absolute atomic E-state index is 1.07. The van der Waals surface area contributed by atoms with Crippen molar-refractivity contribution in [3.8, 4) is 0 Å². The highest BCUT2D eigenvalue weighted by Gasteiger charge is 2.05. The number of hydrogen-bond donors (Lipinski definition) is 1. The van der Waals surface area contributed by atoms with Gasteiger partial charge in [-0.1, -0.05) is 38.0 Å². The molecule has 0 aliphatic heterocycles. The smallest absolute Gasteiger partial charge is 0.0396 e. The van der Waals surface area contributed by atoms with E-state index in [0.717, 1.165) is 26.2 Å². The molecule has 0 radical (unpaired) electrons. The van der Waals surface area contributed by atoms with Gasteiger partial charge in [0.25, 0.3) is 0 Å². The van der Waals surface area contributed by atoms with Gasteiger partial charge in [0.1, 0.15) is 0 Å². The maximum Gasteiger partial charge on any atom is 0.0396 e. The van der Waals surface area contributed by atoms with Crippen LogP contribution in [0, 0.1) is 6.92 Å². The number of benzene rings is 1. The summed E-state index contributed by atoms with van der Waals surface area (Å²) in [7, 11) is 0. The Labute approximate surface area is 112 Å². The molecule has 0 amide bonds. The Balaban J connectivity index is 2.32. The normalized spacial score (nSPS) is 10.6. The number of hydrogen-bond acceptors (Lipinski definition) is 2. The van der Waals surface area contributed by atoms with Crippen LogP contribution in [0.3, 0.4) is 0 Å². The minimum Gasteiger partial charge on any atom is -0.370 e. The Morgan fingerprint density at radius 1 is 1.06 bits per heavy atom. The summed E-state index contributed by atoms with van der Waals surface area (Å²) < 4.78 is 0. The third-order valence-corrected chi connectivity index (χ3v) is 3.35. The maximum absolute atomic E-state index is 3.53. The van der Waals surface area contributed by atoms with Crippen molar-refractivity contribution in [2.75, 3.05) is 31.1 Å². The van der Waals surface area contributed by atoms with Crippen molar-refractivity contribution in [2.24, 2.45) is 0 Å². The molecule has 18 heavy (non-hydrogen) atoms. The van der Waals surface area contributed by atoms with E-state index < -0.39 is 0 Å². The quantitative estimate of drug-likeness (QED) is 0.672. The van der Waals surface area contributed by atoms with Gasteiger partial charge in [0.15, 0.2) is 0 Å². The van der Waals surface area contributed by atoms with Gasteiger partial charge in [-0.3, -0.25) is 0 Å².